The molecule has 138 valence electrons. The molecule has 0 bridgehead atoms. The van der Waals surface area contributed by atoms with Gasteiger partial charge in [-0.25, -0.2) is 4.39 Å². The lowest BCUT2D eigenvalue weighted by molar-refractivity contribution is -0.115. The number of rotatable bonds is 6. The van der Waals surface area contributed by atoms with E-state index in [1.54, 1.807) is 12.1 Å². The molecule has 2 N–H and O–H groups in total. The Morgan fingerprint density at radius 1 is 0.815 bits per heavy atom. The Hall–Kier alpha value is -3.34. The molecule has 4 nitrogen and oxygen atoms in total. The van der Waals surface area contributed by atoms with E-state index in [1.165, 1.54) is 12.1 Å². The van der Waals surface area contributed by atoms with Gasteiger partial charge in [0.1, 0.15) is 5.82 Å². The highest BCUT2D eigenvalue weighted by Gasteiger charge is 2.05. The minimum absolute atomic E-state index is 0.137. The predicted molar refractivity (Wildman–Crippen MR) is 109 cm³/mol. The van der Waals surface area contributed by atoms with E-state index in [0.717, 1.165) is 28.3 Å². The summed E-state index contributed by atoms with van der Waals surface area (Å²) in [7, 11) is 4.01. The van der Waals surface area contributed by atoms with Crippen LogP contribution in [-0.4, -0.2) is 20.0 Å². The minimum Gasteiger partial charge on any atom is -0.378 e. The van der Waals surface area contributed by atoms with Crippen molar-refractivity contribution in [1.82, 2.24) is 0 Å². The molecule has 0 aromatic heterocycles. The summed E-state index contributed by atoms with van der Waals surface area (Å²) in [5, 5.41) is 6.18. The molecule has 1 amide bonds. The Kier molecular flexibility index (Phi) is 5.71. The normalized spacial score (nSPS) is 10.3. The van der Waals surface area contributed by atoms with Crippen LogP contribution in [0.15, 0.2) is 72.8 Å². The molecule has 0 spiro atoms. The molecule has 0 aliphatic rings. The molecule has 0 unspecified atom stereocenters. The molecule has 0 atom stereocenters. The van der Waals surface area contributed by atoms with Crippen LogP contribution in [0.4, 0.5) is 27.1 Å². The average molecular weight is 363 g/mol. The lowest BCUT2D eigenvalue weighted by Gasteiger charge is -2.13. The molecule has 0 saturated carbocycles. The zero-order chi connectivity index (χ0) is 19.2. The van der Waals surface area contributed by atoms with Crippen LogP contribution < -0.4 is 15.5 Å². The van der Waals surface area contributed by atoms with Gasteiger partial charge in [0.2, 0.25) is 5.91 Å². The van der Waals surface area contributed by atoms with Crippen molar-refractivity contribution in [3.05, 3.63) is 84.2 Å². The van der Waals surface area contributed by atoms with E-state index < -0.39 is 0 Å². The highest BCUT2D eigenvalue weighted by molar-refractivity contribution is 5.92. The quantitative estimate of drug-likeness (QED) is 0.660. The summed E-state index contributed by atoms with van der Waals surface area (Å²) >= 11 is 0. The van der Waals surface area contributed by atoms with Crippen LogP contribution in [0.1, 0.15) is 5.56 Å². The number of halogens is 1. The summed E-state index contributed by atoms with van der Waals surface area (Å²) in [5.74, 6) is -0.444. The first-order valence-electron chi connectivity index (χ1n) is 8.68. The Bertz CT molecular complexity index is 888. The fourth-order valence-corrected chi connectivity index (χ4v) is 2.64. The number of carbonyl (C=O) groups excluding carboxylic acids is 1. The highest BCUT2D eigenvalue weighted by Crippen LogP contribution is 2.21. The maximum absolute atomic E-state index is 12.9. The van der Waals surface area contributed by atoms with Crippen molar-refractivity contribution in [3.8, 4) is 0 Å². The van der Waals surface area contributed by atoms with Crippen molar-refractivity contribution in [2.24, 2.45) is 0 Å². The third-order valence-electron chi connectivity index (χ3n) is 4.12. The van der Waals surface area contributed by atoms with E-state index in [2.05, 4.69) is 10.6 Å². The molecule has 3 rings (SSSR count). The van der Waals surface area contributed by atoms with E-state index in [9.17, 15) is 9.18 Å². The van der Waals surface area contributed by atoms with Gasteiger partial charge in [0.25, 0.3) is 0 Å². The van der Waals surface area contributed by atoms with E-state index in [-0.39, 0.29) is 18.1 Å². The topological polar surface area (TPSA) is 44.4 Å². The lowest BCUT2D eigenvalue weighted by Crippen LogP contribution is -2.14. The summed E-state index contributed by atoms with van der Waals surface area (Å²) in [6.07, 6.45) is 0.207. The maximum atomic E-state index is 12.9. The summed E-state index contributed by atoms with van der Waals surface area (Å²) in [5.41, 5.74) is 4.56. The Morgan fingerprint density at radius 2 is 1.33 bits per heavy atom. The second kappa shape index (κ2) is 8.36. The van der Waals surface area contributed by atoms with E-state index >= 15 is 0 Å². The molecule has 27 heavy (non-hydrogen) atoms. The zero-order valence-corrected chi connectivity index (χ0v) is 15.4. The van der Waals surface area contributed by atoms with Gasteiger partial charge >= 0.3 is 0 Å². The third-order valence-corrected chi connectivity index (χ3v) is 4.12. The Balaban J connectivity index is 1.56. The minimum atomic E-state index is -0.307. The Labute approximate surface area is 158 Å². The van der Waals surface area contributed by atoms with Crippen molar-refractivity contribution in [2.75, 3.05) is 29.6 Å². The summed E-state index contributed by atoms with van der Waals surface area (Å²) in [4.78, 5) is 14.2. The van der Waals surface area contributed by atoms with Crippen LogP contribution in [0.3, 0.4) is 0 Å². The molecule has 0 fully saturated rings. The predicted octanol–water partition coefficient (Wildman–Crippen LogP) is 4.82. The van der Waals surface area contributed by atoms with Crippen molar-refractivity contribution in [1.29, 1.82) is 0 Å². The van der Waals surface area contributed by atoms with Gasteiger partial charge in [-0.3, -0.25) is 4.79 Å². The number of nitrogens with zero attached hydrogens (tertiary/aromatic N) is 1. The molecule has 3 aromatic carbocycles. The first kappa shape index (κ1) is 18.5. The fraction of sp³-hybridized carbons (Fsp3) is 0.136. The molecule has 0 aliphatic carbocycles. The van der Waals surface area contributed by atoms with Gasteiger partial charge in [-0.15, -0.1) is 0 Å². The van der Waals surface area contributed by atoms with Crippen LogP contribution in [-0.2, 0) is 11.2 Å². The van der Waals surface area contributed by atoms with Crippen molar-refractivity contribution < 1.29 is 9.18 Å². The van der Waals surface area contributed by atoms with Gasteiger partial charge in [0.15, 0.2) is 0 Å². The number of hydrogen-bond donors (Lipinski definition) is 2. The number of nitrogens with one attached hydrogen (secondary N) is 2. The Morgan fingerprint density at radius 3 is 1.89 bits per heavy atom. The number of benzene rings is 3. The molecular weight excluding hydrogens is 341 g/mol. The summed E-state index contributed by atoms with van der Waals surface area (Å²) < 4.78 is 12.9. The average Bonchev–Trinajstić information content (AvgIpc) is 2.66. The molecule has 0 radical (unpaired) electrons. The molecule has 3 aromatic rings. The van der Waals surface area contributed by atoms with Gasteiger partial charge in [-0.1, -0.05) is 12.1 Å². The third kappa shape index (κ3) is 5.31. The standard InChI is InChI=1S/C22H22FN3O/c1-26(2)21-13-11-19(12-14-21)24-18-7-9-20(10-8-18)25-22(27)15-16-3-5-17(23)6-4-16/h3-14,24H,15H2,1-2H3,(H,25,27). The molecular formula is C22H22FN3O. The van der Waals surface area contributed by atoms with Gasteiger partial charge in [-0.05, 0) is 66.2 Å². The molecule has 0 heterocycles. The second-order valence-corrected chi connectivity index (χ2v) is 6.50. The van der Waals surface area contributed by atoms with Crippen molar-refractivity contribution in [3.63, 3.8) is 0 Å². The molecule has 5 heteroatoms. The smallest absolute Gasteiger partial charge is 0.228 e. The summed E-state index contributed by atoms with van der Waals surface area (Å²) in [6, 6.07) is 21.6. The first-order chi connectivity index (χ1) is 13.0. The number of anilines is 4. The fourth-order valence-electron chi connectivity index (χ4n) is 2.64. The number of carbonyl (C=O) groups is 1. The monoisotopic (exact) mass is 363 g/mol. The van der Waals surface area contributed by atoms with Crippen LogP contribution in [0.2, 0.25) is 0 Å². The zero-order valence-electron chi connectivity index (χ0n) is 15.4. The number of amides is 1. The number of hydrogen-bond acceptors (Lipinski definition) is 3. The van der Waals surface area contributed by atoms with E-state index in [1.807, 2.05) is 67.5 Å². The lowest BCUT2D eigenvalue weighted by atomic mass is 10.1. The highest BCUT2D eigenvalue weighted by atomic mass is 19.1. The molecule has 0 saturated heterocycles. The van der Waals surface area contributed by atoms with Crippen LogP contribution in [0.25, 0.3) is 0 Å². The largest absolute Gasteiger partial charge is 0.378 e. The van der Waals surface area contributed by atoms with Crippen LogP contribution in [0.5, 0.6) is 0 Å². The van der Waals surface area contributed by atoms with E-state index in [0.29, 0.717) is 0 Å². The van der Waals surface area contributed by atoms with Crippen LogP contribution >= 0.6 is 0 Å². The SMILES string of the molecule is CN(C)c1ccc(Nc2ccc(NC(=O)Cc3ccc(F)cc3)cc2)cc1. The molecule has 0 aliphatic heterocycles. The van der Waals surface area contributed by atoms with Crippen molar-refractivity contribution >= 4 is 28.7 Å². The van der Waals surface area contributed by atoms with Gasteiger partial charge in [0, 0.05) is 36.8 Å². The van der Waals surface area contributed by atoms with Gasteiger partial charge in [0.05, 0.1) is 6.42 Å². The van der Waals surface area contributed by atoms with E-state index in [4.69, 9.17) is 0 Å². The van der Waals surface area contributed by atoms with Crippen molar-refractivity contribution in [2.45, 2.75) is 6.42 Å². The maximum Gasteiger partial charge on any atom is 0.228 e. The van der Waals surface area contributed by atoms with Crippen LogP contribution in [0, 0.1) is 5.82 Å². The first-order valence-corrected chi connectivity index (χ1v) is 8.68. The van der Waals surface area contributed by atoms with Gasteiger partial charge in [-0.2, -0.15) is 0 Å². The summed E-state index contributed by atoms with van der Waals surface area (Å²) in [6.45, 7) is 0. The second-order valence-electron chi connectivity index (χ2n) is 6.50. The van der Waals surface area contributed by atoms with Gasteiger partial charge < -0.3 is 15.5 Å².